The number of amides is 3. The molecule has 1 saturated carbocycles. The number of hydrogen-bond donors (Lipinski definition) is 1. The highest BCUT2D eigenvalue weighted by molar-refractivity contribution is 6.07. The Morgan fingerprint density at radius 1 is 1.06 bits per heavy atom. The second-order valence-corrected chi connectivity index (χ2v) is 9.32. The smallest absolute Gasteiger partial charge is 0.269 e. The molecule has 8 heteroatoms. The van der Waals surface area contributed by atoms with Crippen LogP contribution in [-0.2, 0) is 14.4 Å². The summed E-state index contributed by atoms with van der Waals surface area (Å²) in [5.41, 5.74) is 1.67. The number of nitro groups is 1. The van der Waals surface area contributed by atoms with Crippen molar-refractivity contribution in [3.8, 4) is 0 Å². The van der Waals surface area contributed by atoms with Crippen molar-refractivity contribution in [1.29, 1.82) is 0 Å². The van der Waals surface area contributed by atoms with E-state index in [1.165, 1.54) is 23.1 Å². The average Bonchev–Trinajstić information content (AvgIpc) is 3.12. The van der Waals surface area contributed by atoms with Crippen LogP contribution in [0, 0.1) is 40.7 Å². The van der Waals surface area contributed by atoms with Gasteiger partial charge in [-0.15, -0.1) is 0 Å². The van der Waals surface area contributed by atoms with Gasteiger partial charge in [-0.25, -0.2) is 0 Å². The molecule has 2 bridgehead atoms. The standard InChI is InChI=1S/C26H25N3O5/c1-15-13-19(29(33)34)11-12-20(15)27-22(30)14-21(16-5-3-2-4-6-16)28-25(31)23-17-7-8-18(10-9-17)24(23)26(28)32/h2-8,11-13,17-18,21,23-24H,9-10,14H2,1H3,(H,27,30)/t17-,18-,21+,23+,24+/m0/s1. The van der Waals surface area contributed by atoms with Crippen LogP contribution in [0.15, 0.2) is 60.7 Å². The Morgan fingerprint density at radius 2 is 1.68 bits per heavy atom. The number of rotatable bonds is 6. The molecule has 174 valence electrons. The van der Waals surface area contributed by atoms with Crippen molar-refractivity contribution in [3.05, 3.63) is 81.9 Å². The number of fused-ring (bicyclic) bond motifs is 1. The van der Waals surface area contributed by atoms with Gasteiger partial charge in [-0.3, -0.25) is 29.4 Å². The van der Waals surface area contributed by atoms with Crippen LogP contribution in [0.4, 0.5) is 11.4 Å². The van der Waals surface area contributed by atoms with E-state index in [4.69, 9.17) is 0 Å². The number of carbonyl (C=O) groups is 3. The Balaban J connectivity index is 1.42. The molecule has 2 fully saturated rings. The molecule has 6 rings (SSSR count). The van der Waals surface area contributed by atoms with E-state index >= 15 is 0 Å². The monoisotopic (exact) mass is 459 g/mol. The molecule has 0 radical (unpaired) electrons. The molecule has 1 N–H and O–H groups in total. The maximum absolute atomic E-state index is 13.5. The van der Waals surface area contributed by atoms with Gasteiger partial charge in [-0.1, -0.05) is 42.5 Å². The maximum atomic E-state index is 13.5. The first-order valence-corrected chi connectivity index (χ1v) is 11.5. The number of nitrogens with zero attached hydrogens (tertiary/aromatic N) is 2. The van der Waals surface area contributed by atoms with Crippen LogP contribution in [0.3, 0.4) is 0 Å². The first-order chi connectivity index (χ1) is 16.3. The second kappa shape index (κ2) is 8.52. The van der Waals surface area contributed by atoms with Crippen LogP contribution < -0.4 is 5.32 Å². The third kappa shape index (κ3) is 3.69. The molecular weight excluding hydrogens is 434 g/mol. The molecule has 0 unspecified atom stereocenters. The molecule has 34 heavy (non-hydrogen) atoms. The third-order valence-electron chi connectivity index (χ3n) is 7.36. The summed E-state index contributed by atoms with van der Waals surface area (Å²) in [6, 6.07) is 12.6. The number of nitrogens with one attached hydrogen (secondary N) is 1. The zero-order valence-electron chi connectivity index (χ0n) is 18.7. The number of allylic oxidation sites excluding steroid dienone is 2. The van der Waals surface area contributed by atoms with Gasteiger partial charge >= 0.3 is 0 Å². The highest BCUT2D eigenvalue weighted by Gasteiger charge is 2.58. The summed E-state index contributed by atoms with van der Waals surface area (Å²) in [6.45, 7) is 1.68. The molecule has 0 aromatic heterocycles. The van der Waals surface area contributed by atoms with Crippen LogP contribution >= 0.6 is 0 Å². The SMILES string of the molecule is Cc1cc([N+](=O)[O-])ccc1NC(=O)C[C@H](c1ccccc1)N1C(=O)[C@H]2[C@H](C1=O)[C@H]1C=C[C@H]2CC1. The van der Waals surface area contributed by atoms with Crippen molar-refractivity contribution in [2.75, 3.05) is 5.32 Å². The summed E-state index contributed by atoms with van der Waals surface area (Å²) in [6.07, 6.45) is 5.87. The van der Waals surface area contributed by atoms with Gasteiger partial charge in [0.1, 0.15) is 0 Å². The van der Waals surface area contributed by atoms with Crippen molar-refractivity contribution in [1.82, 2.24) is 4.90 Å². The number of aryl methyl sites for hydroxylation is 1. The van der Waals surface area contributed by atoms with E-state index in [0.29, 0.717) is 11.3 Å². The van der Waals surface area contributed by atoms with Gasteiger partial charge in [0.2, 0.25) is 17.7 Å². The molecule has 8 nitrogen and oxygen atoms in total. The van der Waals surface area contributed by atoms with Gasteiger partial charge in [0.25, 0.3) is 5.69 Å². The topological polar surface area (TPSA) is 110 Å². The summed E-state index contributed by atoms with van der Waals surface area (Å²) < 4.78 is 0. The lowest BCUT2D eigenvalue weighted by Crippen LogP contribution is -2.38. The summed E-state index contributed by atoms with van der Waals surface area (Å²) in [4.78, 5) is 52.0. The van der Waals surface area contributed by atoms with Crippen LogP contribution in [-0.4, -0.2) is 27.5 Å². The van der Waals surface area contributed by atoms with Gasteiger partial charge in [-0.2, -0.15) is 0 Å². The average molecular weight is 460 g/mol. The molecular formula is C26H25N3O5. The maximum Gasteiger partial charge on any atom is 0.269 e. The predicted octanol–water partition coefficient (Wildman–Crippen LogP) is 4.17. The fraction of sp³-hybridized carbons (Fsp3) is 0.346. The zero-order valence-corrected chi connectivity index (χ0v) is 18.7. The lowest BCUT2D eigenvalue weighted by atomic mass is 9.63. The molecule has 2 aromatic carbocycles. The minimum absolute atomic E-state index is 0.0585. The van der Waals surface area contributed by atoms with E-state index in [1.807, 2.05) is 30.3 Å². The Kier molecular flexibility index (Phi) is 5.51. The van der Waals surface area contributed by atoms with Crippen LogP contribution in [0.1, 0.15) is 36.4 Å². The van der Waals surface area contributed by atoms with E-state index < -0.39 is 11.0 Å². The fourth-order valence-electron chi connectivity index (χ4n) is 5.72. The van der Waals surface area contributed by atoms with E-state index in [1.54, 1.807) is 6.92 Å². The highest BCUT2D eigenvalue weighted by atomic mass is 16.6. The number of anilines is 1. The molecule has 3 aliphatic carbocycles. The number of hydrogen-bond acceptors (Lipinski definition) is 5. The molecule has 3 amide bonds. The Morgan fingerprint density at radius 3 is 2.21 bits per heavy atom. The molecule has 5 atom stereocenters. The summed E-state index contributed by atoms with van der Waals surface area (Å²) in [5, 5.41) is 13.8. The number of non-ortho nitro benzene ring substituents is 1. The predicted molar refractivity (Wildman–Crippen MR) is 124 cm³/mol. The number of carbonyl (C=O) groups excluding carboxylic acids is 3. The summed E-state index contributed by atoms with van der Waals surface area (Å²) in [5.74, 6) is -1.30. The van der Waals surface area contributed by atoms with Crippen LogP contribution in [0.5, 0.6) is 0 Å². The van der Waals surface area contributed by atoms with Gasteiger partial charge in [0.15, 0.2) is 0 Å². The molecule has 1 heterocycles. The van der Waals surface area contributed by atoms with Gasteiger partial charge in [-0.05, 0) is 48.8 Å². The molecule has 1 aliphatic heterocycles. The minimum atomic E-state index is -0.718. The van der Waals surface area contributed by atoms with Gasteiger partial charge < -0.3 is 5.32 Å². The Hall–Kier alpha value is -3.81. The quantitative estimate of drug-likeness (QED) is 0.302. The van der Waals surface area contributed by atoms with Crippen LogP contribution in [0.2, 0.25) is 0 Å². The molecule has 2 aromatic rings. The molecule has 4 aliphatic rings. The van der Waals surface area contributed by atoms with E-state index in [0.717, 1.165) is 18.4 Å². The number of benzene rings is 2. The van der Waals surface area contributed by atoms with Crippen molar-refractivity contribution < 1.29 is 19.3 Å². The lowest BCUT2D eigenvalue weighted by molar-refractivity contribution is -0.384. The third-order valence-corrected chi connectivity index (χ3v) is 7.36. The number of imide groups is 1. The number of likely N-dealkylation sites (tertiary alicyclic amines) is 1. The van der Waals surface area contributed by atoms with Gasteiger partial charge in [0.05, 0.1) is 29.2 Å². The molecule has 1 saturated heterocycles. The normalized spacial score (nSPS) is 25.9. The van der Waals surface area contributed by atoms with E-state index in [-0.39, 0.29) is 53.5 Å². The first-order valence-electron chi connectivity index (χ1n) is 11.5. The van der Waals surface area contributed by atoms with Crippen molar-refractivity contribution >= 4 is 29.1 Å². The minimum Gasteiger partial charge on any atom is -0.326 e. The van der Waals surface area contributed by atoms with E-state index in [9.17, 15) is 24.5 Å². The lowest BCUT2D eigenvalue weighted by Gasteiger charge is -2.38. The van der Waals surface area contributed by atoms with Crippen molar-refractivity contribution in [2.24, 2.45) is 23.7 Å². The number of nitro benzene ring substituents is 1. The van der Waals surface area contributed by atoms with Crippen molar-refractivity contribution in [3.63, 3.8) is 0 Å². The largest absolute Gasteiger partial charge is 0.326 e. The highest BCUT2D eigenvalue weighted by Crippen LogP contribution is 2.51. The molecule has 0 spiro atoms. The zero-order chi connectivity index (χ0) is 24.0. The second-order valence-electron chi connectivity index (χ2n) is 9.32. The summed E-state index contributed by atoms with van der Waals surface area (Å²) in [7, 11) is 0. The van der Waals surface area contributed by atoms with E-state index in [2.05, 4.69) is 17.5 Å². The fourth-order valence-corrected chi connectivity index (χ4v) is 5.72. The summed E-state index contributed by atoms with van der Waals surface area (Å²) >= 11 is 0. The Bertz CT molecular complexity index is 1180. The van der Waals surface area contributed by atoms with Crippen LogP contribution in [0.25, 0.3) is 0 Å². The Labute approximate surface area is 196 Å². The van der Waals surface area contributed by atoms with Gasteiger partial charge in [0, 0.05) is 17.8 Å². The van der Waals surface area contributed by atoms with Crippen molar-refractivity contribution in [2.45, 2.75) is 32.2 Å². The first kappa shape index (κ1) is 22.0.